The number of piperazine rings is 1. The molecule has 1 N–H and O–H groups in total. The topological polar surface area (TPSA) is 88.2 Å². The Kier molecular flexibility index (Phi) is 5.43. The first kappa shape index (κ1) is 20.4. The fourth-order valence-corrected chi connectivity index (χ4v) is 4.48. The van der Waals surface area contributed by atoms with Crippen molar-refractivity contribution < 1.29 is 23.9 Å². The van der Waals surface area contributed by atoms with E-state index in [1.807, 2.05) is 30.3 Å². The van der Waals surface area contributed by atoms with Crippen LogP contribution in [0.15, 0.2) is 42.5 Å². The monoisotopic (exact) mass is 435 g/mol. The van der Waals surface area contributed by atoms with Crippen molar-refractivity contribution in [2.45, 2.75) is 38.4 Å². The van der Waals surface area contributed by atoms with Crippen LogP contribution in [0.4, 0.5) is 0 Å². The molecule has 5 rings (SSSR count). The van der Waals surface area contributed by atoms with Crippen LogP contribution in [0.2, 0.25) is 0 Å². The van der Waals surface area contributed by atoms with Crippen LogP contribution in [0.3, 0.4) is 0 Å². The number of carbonyl (C=O) groups excluding carboxylic acids is 3. The average Bonchev–Trinajstić information content (AvgIpc) is 3.29. The Morgan fingerprint density at radius 1 is 1.00 bits per heavy atom. The third-order valence-electron chi connectivity index (χ3n) is 6.23. The molecule has 0 bridgehead atoms. The number of ether oxygens (including phenoxy) is 2. The largest absolute Gasteiger partial charge is 0.454 e. The van der Waals surface area contributed by atoms with Crippen molar-refractivity contribution in [3.05, 3.63) is 59.2 Å². The number of piperidine rings is 1. The van der Waals surface area contributed by atoms with E-state index < -0.39 is 0 Å². The van der Waals surface area contributed by atoms with Gasteiger partial charge in [-0.1, -0.05) is 18.2 Å². The third-order valence-corrected chi connectivity index (χ3v) is 6.23. The highest BCUT2D eigenvalue weighted by atomic mass is 16.7. The van der Waals surface area contributed by atoms with E-state index in [0.29, 0.717) is 36.7 Å². The summed E-state index contributed by atoms with van der Waals surface area (Å²) in [5.74, 6) is 1.25. The van der Waals surface area contributed by atoms with Crippen molar-refractivity contribution in [2.75, 3.05) is 19.9 Å². The van der Waals surface area contributed by atoms with Crippen molar-refractivity contribution in [2.24, 2.45) is 0 Å². The van der Waals surface area contributed by atoms with Crippen molar-refractivity contribution in [3.63, 3.8) is 0 Å². The van der Waals surface area contributed by atoms with Gasteiger partial charge in [-0.15, -0.1) is 0 Å². The lowest BCUT2D eigenvalue weighted by Crippen LogP contribution is -2.60. The number of carbonyl (C=O) groups is 3. The van der Waals surface area contributed by atoms with E-state index >= 15 is 0 Å². The molecule has 0 spiro atoms. The number of hydrogen-bond donors (Lipinski definition) is 1. The lowest BCUT2D eigenvalue weighted by atomic mass is 9.98. The molecule has 0 aromatic heterocycles. The molecule has 1 atom stereocenters. The molecule has 2 aromatic carbocycles. The number of nitrogens with one attached hydrogen (secondary N) is 1. The first-order valence-corrected chi connectivity index (χ1v) is 10.9. The van der Waals surface area contributed by atoms with Crippen LogP contribution in [0.25, 0.3) is 0 Å². The highest BCUT2D eigenvalue weighted by molar-refractivity contribution is 5.95. The molecule has 32 heavy (non-hydrogen) atoms. The molecule has 3 aliphatic rings. The average molecular weight is 435 g/mol. The minimum atomic E-state index is -0.314. The van der Waals surface area contributed by atoms with Crippen molar-refractivity contribution in [1.82, 2.24) is 15.1 Å². The molecule has 2 fully saturated rings. The maximum atomic E-state index is 12.8. The van der Waals surface area contributed by atoms with Gasteiger partial charge in [0.25, 0.3) is 5.91 Å². The van der Waals surface area contributed by atoms with E-state index in [1.165, 1.54) is 0 Å². The number of nitrogens with zero attached hydrogens (tertiary/aromatic N) is 2. The van der Waals surface area contributed by atoms with Crippen LogP contribution in [0.5, 0.6) is 11.5 Å². The van der Waals surface area contributed by atoms with Gasteiger partial charge in [-0.25, -0.2) is 0 Å². The summed E-state index contributed by atoms with van der Waals surface area (Å²) in [5, 5.41) is 2.90. The minimum Gasteiger partial charge on any atom is -0.454 e. The highest BCUT2D eigenvalue weighted by Gasteiger charge is 2.40. The van der Waals surface area contributed by atoms with Gasteiger partial charge >= 0.3 is 0 Å². The number of hydrogen-bond acceptors (Lipinski definition) is 5. The smallest absolute Gasteiger partial charge is 0.251 e. The van der Waals surface area contributed by atoms with Crippen LogP contribution < -0.4 is 14.8 Å². The zero-order valence-corrected chi connectivity index (χ0v) is 17.7. The van der Waals surface area contributed by atoms with Gasteiger partial charge in [0.1, 0.15) is 12.6 Å². The van der Waals surface area contributed by atoms with Gasteiger partial charge in [-0.3, -0.25) is 14.4 Å². The van der Waals surface area contributed by atoms with Crippen LogP contribution in [-0.4, -0.2) is 53.4 Å². The van der Waals surface area contributed by atoms with E-state index in [0.717, 1.165) is 30.4 Å². The van der Waals surface area contributed by atoms with Gasteiger partial charge < -0.3 is 24.6 Å². The van der Waals surface area contributed by atoms with Gasteiger partial charge in [0.2, 0.25) is 18.6 Å². The zero-order chi connectivity index (χ0) is 22.1. The Morgan fingerprint density at radius 2 is 1.78 bits per heavy atom. The summed E-state index contributed by atoms with van der Waals surface area (Å²) >= 11 is 0. The summed E-state index contributed by atoms with van der Waals surface area (Å²) in [6, 6.07) is 12.4. The second-order valence-electron chi connectivity index (χ2n) is 8.36. The molecule has 3 amide bonds. The number of benzene rings is 2. The second kappa shape index (κ2) is 8.53. The predicted molar refractivity (Wildman–Crippen MR) is 115 cm³/mol. The fourth-order valence-electron chi connectivity index (χ4n) is 4.48. The summed E-state index contributed by atoms with van der Waals surface area (Å²) < 4.78 is 10.7. The Bertz CT molecular complexity index is 1050. The van der Waals surface area contributed by atoms with E-state index in [1.54, 1.807) is 21.9 Å². The molecule has 8 nitrogen and oxygen atoms in total. The molecule has 3 aliphatic heterocycles. The minimum absolute atomic E-state index is 0.0221. The Labute approximate surface area is 186 Å². The maximum absolute atomic E-state index is 12.8. The number of rotatable bonds is 5. The molecule has 8 heteroatoms. The summed E-state index contributed by atoms with van der Waals surface area (Å²) in [5.41, 5.74) is 2.35. The van der Waals surface area contributed by atoms with Gasteiger partial charge in [-0.05, 0) is 54.7 Å². The molecule has 0 radical (unpaired) electrons. The van der Waals surface area contributed by atoms with Gasteiger partial charge in [0, 0.05) is 25.2 Å². The molecule has 0 unspecified atom stereocenters. The van der Waals surface area contributed by atoms with Crippen LogP contribution in [0.1, 0.15) is 40.7 Å². The molecular formula is C24H25N3O5. The van der Waals surface area contributed by atoms with E-state index in [4.69, 9.17) is 9.47 Å². The standard InChI is InChI=1S/C24H25N3O5/c28-22-14-26(24(30)19-3-1-2-10-27(19)22)13-16-4-7-18(8-5-16)23(29)25-12-17-6-9-20-21(11-17)32-15-31-20/h4-9,11,19H,1-3,10,12-15H2,(H,25,29)/t19-/m0/s1. The van der Waals surface area contributed by atoms with Crippen LogP contribution >= 0.6 is 0 Å². The highest BCUT2D eigenvalue weighted by Crippen LogP contribution is 2.32. The molecule has 166 valence electrons. The molecule has 0 aliphatic carbocycles. The zero-order valence-electron chi connectivity index (χ0n) is 17.7. The van der Waals surface area contributed by atoms with Gasteiger partial charge in [-0.2, -0.15) is 0 Å². The Morgan fingerprint density at radius 3 is 2.62 bits per heavy atom. The molecule has 2 aromatic rings. The Balaban J connectivity index is 1.18. The van der Waals surface area contributed by atoms with Crippen molar-refractivity contribution in [1.29, 1.82) is 0 Å². The maximum Gasteiger partial charge on any atom is 0.251 e. The SMILES string of the molecule is O=C(NCc1ccc2c(c1)OCO2)c1ccc(CN2CC(=O)N3CCCC[C@H]3C2=O)cc1. The quantitative estimate of drug-likeness (QED) is 0.777. The van der Waals surface area contributed by atoms with Crippen molar-refractivity contribution >= 4 is 17.7 Å². The first-order valence-electron chi connectivity index (χ1n) is 10.9. The summed E-state index contributed by atoms with van der Waals surface area (Å²) in [6.07, 6.45) is 2.68. The van der Waals surface area contributed by atoms with Crippen LogP contribution in [0, 0.1) is 0 Å². The first-order chi connectivity index (χ1) is 15.6. The third kappa shape index (κ3) is 4.00. The summed E-state index contributed by atoms with van der Waals surface area (Å²) in [7, 11) is 0. The number of fused-ring (bicyclic) bond motifs is 2. The molecule has 2 saturated heterocycles. The van der Waals surface area contributed by atoms with Gasteiger partial charge in [0.05, 0.1) is 0 Å². The normalized spacial score (nSPS) is 19.7. The summed E-state index contributed by atoms with van der Waals surface area (Å²) in [6.45, 7) is 1.76. The lowest BCUT2D eigenvalue weighted by Gasteiger charge is -2.42. The predicted octanol–water partition coefficient (Wildman–Crippen LogP) is 2.07. The lowest BCUT2D eigenvalue weighted by molar-refractivity contribution is -0.158. The molecule has 3 heterocycles. The number of amides is 3. The second-order valence-corrected chi connectivity index (χ2v) is 8.36. The van der Waals surface area contributed by atoms with Gasteiger partial charge in [0.15, 0.2) is 11.5 Å². The van der Waals surface area contributed by atoms with E-state index in [2.05, 4.69) is 5.32 Å². The summed E-state index contributed by atoms with van der Waals surface area (Å²) in [4.78, 5) is 41.1. The van der Waals surface area contributed by atoms with Crippen molar-refractivity contribution in [3.8, 4) is 11.5 Å². The van der Waals surface area contributed by atoms with E-state index in [9.17, 15) is 14.4 Å². The Hall–Kier alpha value is -3.55. The molecule has 0 saturated carbocycles. The van der Waals surface area contributed by atoms with E-state index in [-0.39, 0.29) is 37.1 Å². The molecular weight excluding hydrogens is 410 g/mol. The van der Waals surface area contributed by atoms with Crippen LogP contribution in [-0.2, 0) is 22.7 Å². The fraction of sp³-hybridized carbons (Fsp3) is 0.375.